The highest BCUT2D eigenvalue weighted by atomic mass is 32.2. The van der Waals surface area contributed by atoms with Gasteiger partial charge < -0.3 is 4.74 Å². The molecule has 1 aliphatic rings. The molecule has 4 nitrogen and oxygen atoms in total. The zero-order chi connectivity index (χ0) is 24.2. The number of ether oxygens (including phenoxy) is 1. The first kappa shape index (κ1) is 23.0. The van der Waals surface area contributed by atoms with Gasteiger partial charge >= 0.3 is 5.97 Å². The van der Waals surface area contributed by atoms with Crippen LogP contribution in [-0.2, 0) is 11.2 Å². The molecule has 1 fully saturated rings. The molecule has 0 bridgehead atoms. The van der Waals surface area contributed by atoms with Crippen molar-refractivity contribution in [1.29, 1.82) is 0 Å². The van der Waals surface area contributed by atoms with E-state index in [0.29, 0.717) is 27.1 Å². The van der Waals surface area contributed by atoms with E-state index in [1.54, 1.807) is 23.1 Å². The SMILES string of the molecule is O=C(Oc1ccc(/C=C2\SC(=S)N(CCc3ccccc3)C2=O)cc1)c1cccc2ccccc12. The molecule has 0 aromatic heterocycles. The quantitative estimate of drug-likeness (QED) is 0.132. The Bertz CT molecular complexity index is 1440. The molecule has 1 heterocycles. The van der Waals surface area contributed by atoms with E-state index >= 15 is 0 Å². The molecule has 0 atom stereocenters. The largest absolute Gasteiger partial charge is 0.423 e. The fourth-order valence-electron chi connectivity index (χ4n) is 3.93. The Balaban J connectivity index is 1.25. The lowest BCUT2D eigenvalue weighted by Crippen LogP contribution is -2.30. The van der Waals surface area contributed by atoms with Crippen molar-refractivity contribution in [3.05, 3.63) is 119 Å². The zero-order valence-corrected chi connectivity index (χ0v) is 20.4. The highest BCUT2D eigenvalue weighted by molar-refractivity contribution is 8.26. The van der Waals surface area contributed by atoms with Gasteiger partial charge in [0.05, 0.1) is 10.5 Å². The van der Waals surface area contributed by atoms with Crippen molar-refractivity contribution in [3.8, 4) is 5.75 Å². The van der Waals surface area contributed by atoms with E-state index in [9.17, 15) is 9.59 Å². The highest BCUT2D eigenvalue weighted by Crippen LogP contribution is 2.33. The van der Waals surface area contributed by atoms with Gasteiger partial charge in [-0.3, -0.25) is 9.69 Å². The molecular weight excluding hydrogens is 474 g/mol. The molecule has 6 heteroatoms. The summed E-state index contributed by atoms with van der Waals surface area (Å²) >= 11 is 6.75. The number of nitrogens with zero attached hydrogens (tertiary/aromatic N) is 1. The van der Waals surface area contributed by atoms with Gasteiger partial charge in [-0.1, -0.05) is 103 Å². The average molecular weight is 496 g/mol. The summed E-state index contributed by atoms with van der Waals surface area (Å²) in [5.41, 5.74) is 2.52. The molecule has 4 aromatic rings. The van der Waals surface area contributed by atoms with Crippen LogP contribution in [0.1, 0.15) is 21.5 Å². The van der Waals surface area contributed by atoms with Gasteiger partial charge in [0.15, 0.2) is 0 Å². The average Bonchev–Trinajstić information content (AvgIpc) is 3.15. The van der Waals surface area contributed by atoms with Gasteiger partial charge in [-0.15, -0.1) is 0 Å². The minimum atomic E-state index is -0.408. The fourth-order valence-corrected chi connectivity index (χ4v) is 5.24. The molecular formula is C29H21NO3S2. The third-order valence-electron chi connectivity index (χ3n) is 5.74. The second-order valence-corrected chi connectivity index (χ2v) is 9.73. The molecule has 0 unspecified atom stereocenters. The van der Waals surface area contributed by atoms with E-state index in [4.69, 9.17) is 17.0 Å². The van der Waals surface area contributed by atoms with Crippen LogP contribution >= 0.6 is 24.0 Å². The van der Waals surface area contributed by atoms with Crippen molar-refractivity contribution < 1.29 is 14.3 Å². The minimum absolute atomic E-state index is 0.0811. The predicted octanol–water partition coefficient (Wildman–Crippen LogP) is 6.50. The van der Waals surface area contributed by atoms with Crippen LogP contribution in [0.3, 0.4) is 0 Å². The van der Waals surface area contributed by atoms with Gasteiger partial charge in [0, 0.05) is 6.54 Å². The van der Waals surface area contributed by atoms with Crippen LogP contribution in [0.25, 0.3) is 16.8 Å². The zero-order valence-electron chi connectivity index (χ0n) is 18.7. The highest BCUT2D eigenvalue weighted by Gasteiger charge is 2.31. The maximum absolute atomic E-state index is 12.9. The summed E-state index contributed by atoms with van der Waals surface area (Å²) in [6.45, 7) is 0.551. The van der Waals surface area contributed by atoms with E-state index in [1.165, 1.54) is 17.3 Å². The molecule has 35 heavy (non-hydrogen) atoms. The molecule has 1 amide bonds. The van der Waals surface area contributed by atoms with Gasteiger partial charge in [-0.25, -0.2) is 4.79 Å². The second-order valence-electron chi connectivity index (χ2n) is 8.05. The number of hydrogen-bond donors (Lipinski definition) is 0. The summed E-state index contributed by atoms with van der Waals surface area (Å²) in [5.74, 6) is -0.0493. The summed E-state index contributed by atoms with van der Waals surface area (Å²) in [4.78, 5) is 27.9. The Morgan fingerprint density at radius 2 is 1.60 bits per heavy atom. The Kier molecular flexibility index (Phi) is 6.75. The molecule has 0 N–H and O–H groups in total. The number of thiocarbonyl (C=S) groups is 1. The summed E-state index contributed by atoms with van der Waals surface area (Å²) < 4.78 is 6.17. The van der Waals surface area contributed by atoms with Gasteiger partial charge in [-0.05, 0) is 52.6 Å². The third kappa shape index (κ3) is 5.19. The van der Waals surface area contributed by atoms with Crippen molar-refractivity contribution in [3.63, 3.8) is 0 Å². The minimum Gasteiger partial charge on any atom is -0.423 e. The number of carbonyl (C=O) groups excluding carboxylic acids is 2. The van der Waals surface area contributed by atoms with Crippen molar-refractivity contribution in [2.24, 2.45) is 0 Å². The van der Waals surface area contributed by atoms with Crippen molar-refractivity contribution >= 4 is 57.0 Å². The first-order valence-electron chi connectivity index (χ1n) is 11.2. The first-order valence-corrected chi connectivity index (χ1v) is 12.4. The Labute approximate surface area is 213 Å². The number of thioether (sulfide) groups is 1. The number of carbonyl (C=O) groups is 2. The molecule has 0 saturated carbocycles. The monoisotopic (exact) mass is 495 g/mol. The number of benzene rings is 4. The maximum Gasteiger partial charge on any atom is 0.344 e. The number of amides is 1. The smallest absolute Gasteiger partial charge is 0.344 e. The van der Waals surface area contributed by atoms with Gasteiger partial charge in [-0.2, -0.15) is 0 Å². The van der Waals surface area contributed by atoms with E-state index in [1.807, 2.05) is 84.9 Å². The predicted molar refractivity (Wildman–Crippen MR) is 145 cm³/mol. The summed E-state index contributed by atoms with van der Waals surface area (Å²) in [7, 11) is 0. The molecule has 172 valence electrons. The third-order valence-corrected chi connectivity index (χ3v) is 7.12. The number of rotatable bonds is 6. The van der Waals surface area contributed by atoms with Crippen LogP contribution in [0.5, 0.6) is 5.75 Å². The van der Waals surface area contributed by atoms with E-state index in [-0.39, 0.29) is 5.91 Å². The fraction of sp³-hybridized carbons (Fsp3) is 0.0690. The molecule has 0 spiro atoms. The van der Waals surface area contributed by atoms with Crippen LogP contribution in [0.2, 0.25) is 0 Å². The van der Waals surface area contributed by atoms with Crippen LogP contribution in [0.15, 0.2) is 102 Å². The van der Waals surface area contributed by atoms with E-state index in [2.05, 4.69) is 0 Å². The van der Waals surface area contributed by atoms with Crippen LogP contribution in [-0.4, -0.2) is 27.6 Å². The second kappa shape index (κ2) is 10.3. The molecule has 0 aliphatic carbocycles. The Hall–Kier alpha value is -3.74. The van der Waals surface area contributed by atoms with Crippen LogP contribution in [0, 0.1) is 0 Å². The van der Waals surface area contributed by atoms with Gasteiger partial charge in [0.1, 0.15) is 10.1 Å². The molecule has 1 saturated heterocycles. The summed E-state index contributed by atoms with van der Waals surface area (Å²) in [6.07, 6.45) is 2.56. The van der Waals surface area contributed by atoms with Crippen LogP contribution < -0.4 is 4.74 Å². The Morgan fingerprint density at radius 3 is 2.40 bits per heavy atom. The topological polar surface area (TPSA) is 46.6 Å². The summed E-state index contributed by atoms with van der Waals surface area (Å²) in [6, 6.07) is 30.4. The van der Waals surface area contributed by atoms with Gasteiger partial charge in [0.2, 0.25) is 0 Å². The number of fused-ring (bicyclic) bond motifs is 1. The van der Waals surface area contributed by atoms with Crippen LogP contribution in [0.4, 0.5) is 0 Å². The normalized spacial score (nSPS) is 14.6. The maximum atomic E-state index is 12.9. The van der Waals surface area contributed by atoms with Crippen molar-refractivity contribution in [2.45, 2.75) is 6.42 Å². The molecule has 5 rings (SSSR count). The van der Waals surface area contributed by atoms with Gasteiger partial charge in [0.25, 0.3) is 5.91 Å². The van der Waals surface area contributed by atoms with Crippen molar-refractivity contribution in [1.82, 2.24) is 4.90 Å². The lowest BCUT2D eigenvalue weighted by atomic mass is 10.0. The van der Waals surface area contributed by atoms with Crippen molar-refractivity contribution in [2.75, 3.05) is 6.54 Å². The standard InChI is InChI=1S/C29H21NO3S2/c31-27-26(35-29(34)30(27)18-17-20-7-2-1-3-8-20)19-21-13-15-23(16-14-21)33-28(32)25-12-6-10-22-9-4-5-11-24(22)25/h1-16,19H,17-18H2/b26-19-. The molecule has 1 aliphatic heterocycles. The number of esters is 1. The van der Waals surface area contributed by atoms with E-state index in [0.717, 1.165) is 22.8 Å². The molecule has 4 aromatic carbocycles. The molecule has 0 radical (unpaired) electrons. The lowest BCUT2D eigenvalue weighted by Gasteiger charge is -2.14. The van der Waals surface area contributed by atoms with E-state index < -0.39 is 5.97 Å². The lowest BCUT2D eigenvalue weighted by molar-refractivity contribution is -0.122. The Morgan fingerprint density at radius 1 is 0.886 bits per heavy atom. The summed E-state index contributed by atoms with van der Waals surface area (Å²) in [5, 5.41) is 1.84. The first-order chi connectivity index (χ1) is 17.1. The number of hydrogen-bond acceptors (Lipinski definition) is 5.